The van der Waals surface area contributed by atoms with Crippen molar-refractivity contribution in [1.82, 2.24) is 24.1 Å². The van der Waals surface area contributed by atoms with Crippen molar-refractivity contribution >= 4 is 39.4 Å². The van der Waals surface area contributed by atoms with Gasteiger partial charge in [-0.3, -0.25) is 19.2 Å². The summed E-state index contributed by atoms with van der Waals surface area (Å²) < 4.78 is 25.8. The van der Waals surface area contributed by atoms with E-state index in [0.29, 0.717) is 23.6 Å². The number of carbonyl (C=O) groups is 1. The maximum Gasteiger partial charge on any atom is 0.263 e. The molecule has 3 aromatic carbocycles. The molecule has 3 heterocycles. The number of rotatable bonds is 11. The second kappa shape index (κ2) is 14.4. The molecule has 8 nitrogen and oxygen atoms in total. The molecule has 0 fully saturated rings. The van der Waals surface area contributed by atoms with Gasteiger partial charge in [0.2, 0.25) is 0 Å². The molecule has 0 saturated heterocycles. The van der Waals surface area contributed by atoms with E-state index in [1.165, 1.54) is 17.1 Å². The fraction of sp³-hybridized carbons (Fsp3) is 0.256. The van der Waals surface area contributed by atoms with Gasteiger partial charge in [-0.1, -0.05) is 41.9 Å². The molecule has 0 spiro atoms. The summed E-state index contributed by atoms with van der Waals surface area (Å²) in [5.41, 5.74) is 11.3. The number of aryl methyl sites for hydroxylation is 5. The summed E-state index contributed by atoms with van der Waals surface area (Å²) in [6.07, 6.45) is 4.75. The number of nitrogens with one attached hydrogen (secondary N) is 1. The first-order valence-corrected chi connectivity index (χ1v) is 17.8. The third-order valence-electron chi connectivity index (χ3n) is 9.06. The van der Waals surface area contributed by atoms with E-state index in [4.69, 9.17) is 21.4 Å². The third kappa shape index (κ3) is 7.05. The Hall–Kier alpha value is -4.73. The largest absolute Gasteiger partial charge is 0.494 e. The predicted octanol–water partition coefficient (Wildman–Crippen LogP) is 8.14. The zero-order chi connectivity index (χ0) is 34.8. The number of hydrogen-bond donors (Lipinski definition) is 1. The molecule has 10 heteroatoms. The zero-order valence-corrected chi connectivity index (χ0v) is 30.2. The Kier molecular flexibility index (Phi) is 10.0. The SMILES string of the molecule is Cc1cc(OCCCc2c(C)n(Cc3cccc(C(=O)NS(=O)c4cccnc4)c3)c3c(-c4c(C)nn(C)c4C)cccc23)cc(C)c1Cl. The molecule has 1 amide bonds. The highest BCUT2D eigenvalue weighted by atomic mass is 35.5. The summed E-state index contributed by atoms with van der Waals surface area (Å²) in [4.78, 5) is 17.6. The Morgan fingerprint density at radius 2 is 1.71 bits per heavy atom. The van der Waals surface area contributed by atoms with Crippen molar-refractivity contribution in [3.05, 3.63) is 129 Å². The van der Waals surface area contributed by atoms with Crippen LogP contribution in [0.5, 0.6) is 5.75 Å². The quantitative estimate of drug-likeness (QED) is 0.138. The van der Waals surface area contributed by atoms with Crippen molar-refractivity contribution in [2.45, 2.75) is 58.9 Å². The van der Waals surface area contributed by atoms with Gasteiger partial charge >= 0.3 is 0 Å². The van der Waals surface area contributed by atoms with Gasteiger partial charge in [0, 0.05) is 64.5 Å². The van der Waals surface area contributed by atoms with Gasteiger partial charge < -0.3 is 9.30 Å². The highest BCUT2D eigenvalue weighted by molar-refractivity contribution is 7.83. The molecule has 3 aromatic heterocycles. The normalized spacial score (nSPS) is 12.0. The van der Waals surface area contributed by atoms with Crippen molar-refractivity contribution in [1.29, 1.82) is 0 Å². The lowest BCUT2D eigenvalue weighted by Crippen LogP contribution is -2.25. The van der Waals surface area contributed by atoms with E-state index >= 15 is 0 Å². The lowest BCUT2D eigenvalue weighted by atomic mass is 9.98. The first-order valence-electron chi connectivity index (χ1n) is 16.3. The summed E-state index contributed by atoms with van der Waals surface area (Å²) in [7, 11) is 0.260. The zero-order valence-electron chi connectivity index (χ0n) is 28.6. The van der Waals surface area contributed by atoms with Gasteiger partial charge in [-0.05, 0) is 106 Å². The molecule has 0 aliphatic carbocycles. The minimum absolute atomic E-state index is 0.410. The highest BCUT2D eigenvalue weighted by Gasteiger charge is 2.22. The lowest BCUT2D eigenvalue weighted by Gasteiger charge is -2.14. The number of fused-ring (bicyclic) bond motifs is 1. The second-order valence-electron chi connectivity index (χ2n) is 12.4. The Balaban J connectivity index is 1.33. The van der Waals surface area contributed by atoms with Crippen molar-refractivity contribution < 1.29 is 13.7 Å². The number of para-hydroxylation sites is 1. The number of nitrogens with zero attached hydrogens (tertiary/aromatic N) is 4. The van der Waals surface area contributed by atoms with Crippen LogP contribution >= 0.6 is 11.6 Å². The van der Waals surface area contributed by atoms with Crippen LogP contribution in [0.4, 0.5) is 0 Å². The first-order chi connectivity index (χ1) is 23.5. The van der Waals surface area contributed by atoms with E-state index in [-0.39, 0.29) is 0 Å². The van der Waals surface area contributed by atoms with Crippen molar-refractivity contribution in [3.8, 4) is 16.9 Å². The van der Waals surface area contributed by atoms with Crippen molar-refractivity contribution in [2.24, 2.45) is 7.05 Å². The molecule has 0 aliphatic rings. The maximum absolute atomic E-state index is 13.2. The van der Waals surface area contributed by atoms with Gasteiger partial charge in [0.05, 0.1) is 22.7 Å². The average molecular weight is 694 g/mol. The molecular weight excluding hydrogens is 654 g/mol. The molecule has 0 bridgehead atoms. The Bertz CT molecular complexity index is 2180. The minimum Gasteiger partial charge on any atom is -0.494 e. The average Bonchev–Trinajstić information content (AvgIpc) is 3.51. The van der Waals surface area contributed by atoms with Crippen LogP contribution in [0.25, 0.3) is 22.0 Å². The smallest absolute Gasteiger partial charge is 0.263 e. The van der Waals surface area contributed by atoms with Crippen LogP contribution in [-0.4, -0.2) is 36.1 Å². The molecule has 6 aromatic rings. The van der Waals surface area contributed by atoms with Crippen LogP contribution in [0, 0.1) is 34.6 Å². The molecule has 252 valence electrons. The van der Waals surface area contributed by atoms with Crippen LogP contribution in [0.1, 0.15) is 56.1 Å². The van der Waals surface area contributed by atoms with Gasteiger partial charge in [0.1, 0.15) is 5.75 Å². The topological polar surface area (TPSA) is 91.0 Å². The number of carbonyl (C=O) groups excluding carboxylic acids is 1. The molecule has 1 atom stereocenters. The van der Waals surface area contributed by atoms with Crippen LogP contribution in [0.15, 0.2) is 84.0 Å². The number of aromatic nitrogens is 4. The number of ether oxygens (including phenoxy) is 1. The number of benzene rings is 3. The number of pyridine rings is 1. The van der Waals surface area contributed by atoms with E-state index < -0.39 is 16.9 Å². The van der Waals surface area contributed by atoms with E-state index in [1.807, 2.05) is 55.9 Å². The fourth-order valence-corrected chi connectivity index (χ4v) is 7.43. The summed E-state index contributed by atoms with van der Waals surface area (Å²) in [5, 5.41) is 6.70. The highest BCUT2D eigenvalue weighted by Crippen LogP contribution is 2.38. The third-order valence-corrected chi connectivity index (χ3v) is 10.7. The van der Waals surface area contributed by atoms with Gasteiger partial charge in [-0.2, -0.15) is 5.10 Å². The Labute approximate surface area is 294 Å². The van der Waals surface area contributed by atoms with Crippen LogP contribution in [-0.2, 0) is 31.0 Å². The maximum atomic E-state index is 13.2. The molecule has 49 heavy (non-hydrogen) atoms. The van der Waals surface area contributed by atoms with E-state index in [1.54, 1.807) is 24.4 Å². The second-order valence-corrected chi connectivity index (χ2v) is 14.0. The van der Waals surface area contributed by atoms with Crippen molar-refractivity contribution in [3.63, 3.8) is 0 Å². The number of amides is 1. The number of hydrogen-bond acceptors (Lipinski definition) is 5. The lowest BCUT2D eigenvalue weighted by molar-refractivity contribution is 0.0982. The summed E-state index contributed by atoms with van der Waals surface area (Å²) in [6.45, 7) is 11.4. The van der Waals surface area contributed by atoms with E-state index in [2.05, 4.69) is 53.2 Å². The molecule has 1 unspecified atom stereocenters. The van der Waals surface area contributed by atoms with E-state index in [9.17, 15) is 9.00 Å². The molecule has 0 saturated carbocycles. The Morgan fingerprint density at radius 3 is 2.41 bits per heavy atom. The summed E-state index contributed by atoms with van der Waals surface area (Å²) in [5.74, 6) is 0.420. The van der Waals surface area contributed by atoms with Crippen LogP contribution in [0.3, 0.4) is 0 Å². The van der Waals surface area contributed by atoms with Crippen LogP contribution in [0.2, 0.25) is 5.02 Å². The van der Waals surface area contributed by atoms with Gasteiger partial charge in [-0.25, -0.2) is 4.21 Å². The van der Waals surface area contributed by atoms with Gasteiger partial charge in [-0.15, -0.1) is 0 Å². The molecule has 0 radical (unpaired) electrons. The van der Waals surface area contributed by atoms with E-state index in [0.717, 1.165) is 74.0 Å². The van der Waals surface area contributed by atoms with Crippen LogP contribution < -0.4 is 9.46 Å². The van der Waals surface area contributed by atoms with Crippen molar-refractivity contribution in [2.75, 3.05) is 6.61 Å². The predicted molar refractivity (Wildman–Crippen MR) is 197 cm³/mol. The van der Waals surface area contributed by atoms with Gasteiger partial charge in [0.15, 0.2) is 11.0 Å². The van der Waals surface area contributed by atoms with Gasteiger partial charge in [0.25, 0.3) is 5.91 Å². The minimum atomic E-state index is -1.72. The first kappa shape index (κ1) is 34.1. The molecule has 6 rings (SSSR count). The number of halogens is 1. The Morgan fingerprint density at radius 1 is 0.959 bits per heavy atom. The monoisotopic (exact) mass is 693 g/mol. The standard InChI is InChI=1S/C39H40ClN5O3S/c1-24-19-31(20-25(2)37(24)40)48-18-10-16-33-27(4)45(38-34(33)14-8-15-35(38)36-26(3)42-44(6)28(36)5)23-29-11-7-12-30(21-29)39(46)43-49(47)32-13-9-17-41-22-32/h7-9,11-15,17,19-22H,10,16,18,23H2,1-6H3,(H,43,46). The summed E-state index contributed by atoms with van der Waals surface area (Å²) >= 11 is 6.37. The molecular formula is C39H40ClN5O3S. The molecule has 0 aliphatic heterocycles. The summed E-state index contributed by atoms with van der Waals surface area (Å²) in [6, 6.07) is 21.3. The fourth-order valence-electron chi connectivity index (χ4n) is 6.56. The molecule has 1 N–H and O–H groups in total.